The molecule has 28 heavy (non-hydrogen) atoms. The fourth-order valence-electron chi connectivity index (χ4n) is 3.46. The Morgan fingerprint density at radius 2 is 1.57 bits per heavy atom. The third kappa shape index (κ3) is 3.71. The zero-order valence-electron chi connectivity index (χ0n) is 15.9. The summed E-state index contributed by atoms with van der Waals surface area (Å²) in [6.07, 6.45) is 0.477. The molecule has 0 N–H and O–H groups in total. The molecule has 4 nitrogen and oxygen atoms in total. The smallest absolute Gasteiger partial charge is 0.266 e. The van der Waals surface area contributed by atoms with Gasteiger partial charge in [-0.1, -0.05) is 41.4 Å². The highest BCUT2D eigenvalue weighted by Crippen LogP contribution is 2.37. The van der Waals surface area contributed by atoms with Crippen LogP contribution in [0.4, 0.5) is 0 Å². The van der Waals surface area contributed by atoms with E-state index in [0.29, 0.717) is 28.6 Å². The van der Waals surface area contributed by atoms with E-state index in [9.17, 15) is 13.2 Å². The molecule has 0 saturated carbocycles. The average molecular weight is 438 g/mol. The molecule has 2 aromatic rings. The van der Waals surface area contributed by atoms with Crippen LogP contribution in [0.3, 0.4) is 0 Å². The van der Waals surface area contributed by atoms with E-state index in [0.717, 1.165) is 5.56 Å². The Labute approximate surface area is 175 Å². The molecule has 1 heterocycles. The first-order valence-corrected chi connectivity index (χ1v) is 11.1. The number of carbonyl (C=O) groups is 1. The van der Waals surface area contributed by atoms with E-state index in [1.807, 2.05) is 13.8 Å². The largest absolute Gasteiger partial charge is 0.329 e. The van der Waals surface area contributed by atoms with Crippen LogP contribution in [0, 0.1) is 0 Å². The Kier molecular flexibility index (Phi) is 5.63. The minimum absolute atomic E-state index is 0.114. The lowest BCUT2D eigenvalue weighted by molar-refractivity contribution is -0.132. The molecule has 148 valence electrons. The highest BCUT2D eigenvalue weighted by Gasteiger charge is 2.41. The highest BCUT2D eigenvalue weighted by molar-refractivity contribution is 7.96. The summed E-state index contributed by atoms with van der Waals surface area (Å²) in [6.45, 7) is 5.84. The van der Waals surface area contributed by atoms with E-state index in [1.165, 1.54) is 12.1 Å². The van der Waals surface area contributed by atoms with Crippen molar-refractivity contribution in [3.8, 4) is 0 Å². The molecule has 1 aliphatic heterocycles. The Morgan fingerprint density at radius 1 is 1.00 bits per heavy atom. The number of carbonyl (C=O) groups excluding carboxylic acids is 1. The Morgan fingerprint density at radius 3 is 2.14 bits per heavy atom. The van der Waals surface area contributed by atoms with Crippen LogP contribution in [-0.2, 0) is 20.2 Å². The van der Waals surface area contributed by atoms with Crippen LogP contribution in [-0.4, -0.2) is 25.8 Å². The molecule has 0 radical (unpaired) electrons. The van der Waals surface area contributed by atoms with E-state index in [4.69, 9.17) is 23.2 Å². The van der Waals surface area contributed by atoms with Gasteiger partial charge in [-0.15, -0.1) is 0 Å². The number of amides is 1. The molecule has 0 atom stereocenters. The van der Waals surface area contributed by atoms with Crippen molar-refractivity contribution in [2.45, 2.75) is 37.6 Å². The number of sulfone groups is 1. The lowest BCUT2D eigenvalue weighted by Gasteiger charge is -2.42. The van der Waals surface area contributed by atoms with E-state index in [1.54, 1.807) is 48.2 Å². The van der Waals surface area contributed by atoms with Crippen molar-refractivity contribution in [3.63, 3.8) is 0 Å². The molecule has 3 rings (SSSR count). The molecule has 0 saturated heterocycles. The molecule has 0 spiro atoms. The van der Waals surface area contributed by atoms with E-state index in [2.05, 4.69) is 0 Å². The Balaban J connectivity index is 2.06. The number of halogens is 2. The van der Waals surface area contributed by atoms with Crippen molar-refractivity contribution in [1.29, 1.82) is 0 Å². The van der Waals surface area contributed by atoms with Gasteiger partial charge >= 0.3 is 0 Å². The van der Waals surface area contributed by atoms with Crippen LogP contribution in [0.5, 0.6) is 0 Å². The second-order valence-electron chi connectivity index (χ2n) is 7.35. The van der Waals surface area contributed by atoms with Gasteiger partial charge in [0.2, 0.25) is 9.84 Å². The second-order valence-corrected chi connectivity index (χ2v) is 10.1. The first-order chi connectivity index (χ1) is 13.0. The maximum Gasteiger partial charge on any atom is 0.266 e. The average Bonchev–Trinajstić information content (AvgIpc) is 2.61. The highest BCUT2D eigenvalue weighted by atomic mass is 35.5. The number of nitrogens with zero attached hydrogens (tertiary/aromatic N) is 1. The minimum Gasteiger partial charge on any atom is -0.329 e. The van der Waals surface area contributed by atoms with Gasteiger partial charge in [0, 0.05) is 16.6 Å². The van der Waals surface area contributed by atoms with Crippen molar-refractivity contribution in [3.05, 3.63) is 74.6 Å². The third-order valence-corrected chi connectivity index (χ3v) is 7.49. The van der Waals surface area contributed by atoms with Gasteiger partial charge in [0.15, 0.2) is 0 Å². The molecular formula is C21H21Cl2NO3S. The van der Waals surface area contributed by atoms with Crippen molar-refractivity contribution in [2.24, 2.45) is 0 Å². The van der Waals surface area contributed by atoms with E-state index >= 15 is 0 Å². The maximum absolute atomic E-state index is 13.4. The summed E-state index contributed by atoms with van der Waals surface area (Å²) in [5.74, 6) is -0.506. The SMILES string of the molecule is CC1=C(S(=O)(=O)c2ccccc2)C(=O)N(C(C)(C)c2cc(Cl)cc(Cl)c2)CC1. The standard InChI is InChI=1S/C21H21Cl2NO3S/c1-14-9-10-24(21(2,3)15-11-16(22)13-17(23)12-15)20(25)19(14)28(26,27)18-7-5-4-6-8-18/h4-8,11-13H,9-10H2,1-3H3. The van der Waals surface area contributed by atoms with Gasteiger partial charge < -0.3 is 4.90 Å². The van der Waals surface area contributed by atoms with Gasteiger partial charge in [-0.2, -0.15) is 0 Å². The molecule has 0 aromatic heterocycles. The van der Waals surface area contributed by atoms with Gasteiger partial charge in [-0.05, 0) is 68.7 Å². The van der Waals surface area contributed by atoms with Crippen molar-refractivity contribution >= 4 is 38.9 Å². The predicted octanol–water partition coefficient (Wildman–Crippen LogP) is 5.21. The van der Waals surface area contributed by atoms with Crippen molar-refractivity contribution in [1.82, 2.24) is 4.90 Å². The van der Waals surface area contributed by atoms with Gasteiger partial charge in [0.05, 0.1) is 10.4 Å². The minimum atomic E-state index is -3.92. The quantitative estimate of drug-likeness (QED) is 0.659. The summed E-state index contributed by atoms with van der Waals surface area (Å²) < 4.78 is 26.4. The Hall–Kier alpha value is -1.82. The third-order valence-electron chi connectivity index (χ3n) is 5.10. The summed E-state index contributed by atoms with van der Waals surface area (Å²) in [7, 11) is -3.92. The molecule has 1 amide bonds. The zero-order chi connectivity index (χ0) is 20.7. The maximum atomic E-state index is 13.4. The van der Waals surface area contributed by atoms with Crippen LogP contribution >= 0.6 is 23.2 Å². The van der Waals surface area contributed by atoms with Crippen LogP contribution in [0.2, 0.25) is 10.0 Å². The predicted molar refractivity (Wildman–Crippen MR) is 112 cm³/mol. The molecule has 0 bridgehead atoms. The molecule has 1 aliphatic rings. The fraction of sp³-hybridized carbons (Fsp3) is 0.286. The van der Waals surface area contributed by atoms with Gasteiger partial charge in [-0.3, -0.25) is 4.79 Å². The number of hydrogen-bond donors (Lipinski definition) is 0. The Bertz CT molecular complexity index is 1040. The lowest BCUT2D eigenvalue weighted by atomic mass is 9.90. The van der Waals surface area contributed by atoms with Gasteiger partial charge in [0.25, 0.3) is 5.91 Å². The van der Waals surface area contributed by atoms with Crippen LogP contribution in [0.15, 0.2) is 63.9 Å². The van der Waals surface area contributed by atoms with Crippen LogP contribution in [0.1, 0.15) is 32.8 Å². The van der Waals surface area contributed by atoms with Crippen molar-refractivity contribution < 1.29 is 13.2 Å². The molecule has 0 aliphatic carbocycles. The first-order valence-electron chi connectivity index (χ1n) is 8.83. The zero-order valence-corrected chi connectivity index (χ0v) is 18.2. The first kappa shape index (κ1) is 20.9. The summed E-state index contributed by atoms with van der Waals surface area (Å²) >= 11 is 12.3. The fourth-order valence-corrected chi connectivity index (χ4v) is 5.64. The summed E-state index contributed by atoms with van der Waals surface area (Å²) in [6, 6.07) is 13.1. The summed E-state index contributed by atoms with van der Waals surface area (Å²) in [4.78, 5) is 14.9. The van der Waals surface area contributed by atoms with E-state index in [-0.39, 0.29) is 9.80 Å². The number of hydrogen-bond acceptors (Lipinski definition) is 3. The van der Waals surface area contributed by atoms with E-state index < -0.39 is 21.3 Å². The van der Waals surface area contributed by atoms with Crippen molar-refractivity contribution in [2.75, 3.05) is 6.54 Å². The lowest BCUT2D eigenvalue weighted by Crippen LogP contribution is -2.49. The molecular weight excluding hydrogens is 417 g/mol. The molecule has 7 heteroatoms. The molecule has 0 fully saturated rings. The molecule has 0 unspecified atom stereocenters. The monoisotopic (exact) mass is 437 g/mol. The normalized spacial score (nSPS) is 15.9. The number of benzene rings is 2. The molecule has 2 aromatic carbocycles. The topological polar surface area (TPSA) is 54.5 Å². The summed E-state index contributed by atoms with van der Waals surface area (Å²) in [5.41, 5.74) is 0.531. The van der Waals surface area contributed by atoms with Crippen LogP contribution < -0.4 is 0 Å². The van der Waals surface area contributed by atoms with Gasteiger partial charge in [0.1, 0.15) is 4.91 Å². The van der Waals surface area contributed by atoms with Crippen LogP contribution in [0.25, 0.3) is 0 Å². The van der Waals surface area contributed by atoms with Gasteiger partial charge in [-0.25, -0.2) is 8.42 Å². The number of rotatable bonds is 4. The summed E-state index contributed by atoms with van der Waals surface area (Å²) in [5, 5.41) is 0.924. The second kappa shape index (κ2) is 7.54.